The summed E-state index contributed by atoms with van der Waals surface area (Å²) in [7, 11) is 0. The average Bonchev–Trinajstić information content (AvgIpc) is 2.73. The maximum Gasteiger partial charge on any atom is 0.227 e. The van der Waals surface area contributed by atoms with Gasteiger partial charge >= 0.3 is 0 Å². The molecule has 1 fully saturated rings. The molecule has 1 rings (SSSR count). The van der Waals surface area contributed by atoms with Gasteiger partial charge in [-0.25, -0.2) is 0 Å². The fraction of sp³-hybridized carbons (Fsp3) is 0.929. The monoisotopic (exact) mass is 256 g/mol. The Bertz CT molecular complexity index is 267. The van der Waals surface area contributed by atoms with Gasteiger partial charge < -0.3 is 15.8 Å². The Morgan fingerprint density at radius 1 is 1.39 bits per heavy atom. The number of ether oxygens (including phenoxy) is 1. The fourth-order valence-corrected chi connectivity index (χ4v) is 2.24. The number of hydrogen-bond donors (Lipinski definition) is 2. The van der Waals surface area contributed by atoms with Crippen LogP contribution >= 0.6 is 0 Å². The van der Waals surface area contributed by atoms with E-state index in [4.69, 9.17) is 10.5 Å². The molecule has 0 spiro atoms. The molecule has 0 aliphatic carbocycles. The molecule has 4 heteroatoms. The maximum atomic E-state index is 12.0. The van der Waals surface area contributed by atoms with Gasteiger partial charge in [0.1, 0.15) is 0 Å². The molecule has 2 atom stereocenters. The Labute approximate surface area is 111 Å². The number of amides is 1. The van der Waals surface area contributed by atoms with E-state index >= 15 is 0 Å². The molecule has 0 radical (unpaired) electrons. The number of hydrogen-bond acceptors (Lipinski definition) is 3. The third-order valence-corrected chi connectivity index (χ3v) is 3.66. The van der Waals surface area contributed by atoms with Gasteiger partial charge in [-0.1, -0.05) is 40.0 Å². The Balaban J connectivity index is 2.28. The third-order valence-electron chi connectivity index (χ3n) is 3.66. The van der Waals surface area contributed by atoms with Gasteiger partial charge in [-0.15, -0.1) is 0 Å². The molecule has 1 saturated heterocycles. The maximum absolute atomic E-state index is 12.0. The van der Waals surface area contributed by atoms with Crippen molar-refractivity contribution in [3.8, 4) is 0 Å². The van der Waals surface area contributed by atoms with E-state index in [1.165, 1.54) is 19.3 Å². The number of unbranched alkanes of at least 4 members (excludes halogenated alkanes) is 2. The van der Waals surface area contributed by atoms with E-state index < -0.39 is 0 Å². The summed E-state index contributed by atoms with van der Waals surface area (Å²) in [5, 5.41) is 3.02. The first-order valence-corrected chi connectivity index (χ1v) is 7.07. The number of rotatable bonds is 7. The van der Waals surface area contributed by atoms with Gasteiger partial charge in [0, 0.05) is 12.6 Å². The van der Waals surface area contributed by atoms with Crippen LogP contribution in [0.15, 0.2) is 0 Å². The van der Waals surface area contributed by atoms with Crippen LogP contribution in [0.3, 0.4) is 0 Å². The lowest BCUT2D eigenvalue weighted by Crippen LogP contribution is -2.43. The summed E-state index contributed by atoms with van der Waals surface area (Å²) < 4.78 is 5.22. The van der Waals surface area contributed by atoms with Crippen LogP contribution in [0, 0.1) is 11.3 Å². The van der Waals surface area contributed by atoms with Crippen LogP contribution in [0.2, 0.25) is 0 Å². The van der Waals surface area contributed by atoms with Gasteiger partial charge in [0.15, 0.2) is 0 Å². The number of nitrogens with one attached hydrogen (secondary N) is 1. The van der Waals surface area contributed by atoms with Crippen molar-refractivity contribution in [3.05, 3.63) is 0 Å². The van der Waals surface area contributed by atoms with Crippen LogP contribution in [0.25, 0.3) is 0 Å². The topological polar surface area (TPSA) is 64.3 Å². The van der Waals surface area contributed by atoms with Gasteiger partial charge in [0.2, 0.25) is 5.91 Å². The normalized spacial score (nSPS) is 24.2. The largest absolute Gasteiger partial charge is 0.379 e. The Morgan fingerprint density at radius 2 is 2.11 bits per heavy atom. The van der Waals surface area contributed by atoms with Crippen LogP contribution in [-0.4, -0.2) is 31.7 Å². The summed E-state index contributed by atoms with van der Waals surface area (Å²) in [5.74, 6) is -0.125. The summed E-state index contributed by atoms with van der Waals surface area (Å²) in [4.78, 5) is 12.0. The number of nitrogens with two attached hydrogens (primary N) is 1. The zero-order valence-electron chi connectivity index (χ0n) is 12.0. The second-order valence-electron chi connectivity index (χ2n) is 6.15. The van der Waals surface area contributed by atoms with Crippen LogP contribution in [0.5, 0.6) is 0 Å². The molecule has 1 heterocycles. The third kappa shape index (κ3) is 4.94. The van der Waals surface area contributed by atoms with Crippen molar-refractivity contribution in [1.29, 1.82) is 0 Å². The second-order valence-corrected chi connectivity index (χ2v) is 6.15. The van der Waals surface area contributed by atoms with Gasteiger partial charge in [0.05, 0.1) is 19.1 Å². The van der Waals surface area contributed by atoms with Crippen LogP contribution in [-0.2, 0) is 9.53 Å². The fourth-order valence-electron chi connectivity index (χ4n) is 2.24. The van der Waals surface area contributed by atoms with Gasteiger partial charge in [-0.2, -0.15) is 0 Å². The molecule has 4 nitrogen and oxygen atoms in total. The molecule has 2 unspecified atom stereocenters. The van der Waals surface area contributed by atoms with E-state index in [0.29, 0.717) is 13.2 Å². The average molecular weight is 256 g/mol. The minimum Gasteiger partial charge on any atom is -0.379 e. The van der Waals surface area contributed by atoms with Gasteiger partial charge in [0.25, 0.3) is 0 Å². The molecule has 1 aliphatic rings. The molecular weight excluding hydrogens is 228 g/mol. The predicted octanol–water partition coefficient (Wildman–Crippen LogP) is 1.68. The van der Waals surface area contributed by atoms with E-state index in [1.807, 2.05) is 0 Å². The number of carbonyl (C=O) groups is 1. The molecule has 18 heavy (non-hydrogen) atoms. The summed E-state index contributed by atoms with van der Waals surface area (Å²) in [6.07, 6.45) is 4.87. The zero-order valence-corrected chi connectivity index (χ0v) is 12.0. The minimum absolute atomic E-state index is 0.0450. The van der Waals surface area contributed by atoms with E-state index in [2.05, 4.69) is 26.1 Å². The first-order valence-electron chi connectivity index (χ1n) is 7.07. The smallest absolute Gasteiger partial charge is 0.227 e. The molecule has 0 aromatic rings. The lowest BCUT2D eigenvalue weighted by molar-refractivity contribution is -0.125. The molecular formula is C14H28N2O2. The molecule has 1 amide bonds. The first-order chi connectivity index (χ1) is 8.46. The van der Waals surface area contributed by atoms with Crippen molar-refractivity contribution in [3.63, 3.8) is 0 Å². The Kier molecular flexibility index (Phi) is 6.09. The van der Waals surface area contributed by atoms with E-state index in [0.717, 1.165) is 13.0 Å². The van der Waals surface area contributed by atoms with Crippen molar-refractivity contribution >= 4 is 5.91 Å². The Hall–Kier alpha value is -0.610. The van der Waals surface area contributed by atoms with Gasteiger partial charge in [-0.3, -0.25) is 4.79 Å². The lowest BCUT2D eigenvalue weighted by Gasteiger charge is -2.26. The first kappa shape index (κ1) is 15.4. The highest BCUT2D eigenvalue weighted by Crippen LogP contribution is 2.23. The molecule has 1 aliphatic heterocycles. The zero-order chi connectivity index (χ0) is 13.6. The highest BCUT2D eigenvalue weighted by molar-refractivity contribution is 5.79. The van der Waals surface area contributed by atoms with Crippen LogP contribution in [0.4, 0.5) is 0 Å². The molecule has 0 aromatic heterocycles. The molecule has 0 aromatic carbocycles. The van der Waals surface area contributed by atoms with Crippen LogP contribution < -0.4 is 11.1 Å². The van der Waals surface area contributed by atoms with E-state index in [9.17, 15) is 4.79 Å². The predicted molar refractivity (Wildman–Crippen MR) is 73.2 cm³/mol. The number of carbonyl (C=O) groups excluding carboxylic acids is 1. The minimum atomic E-state index is -0.170. The molecule has 0 saturated carbocycles. The summed E-state index contributed by atoms with van der Waals surface area (Å²) in [6, 6.07) is -0.145. The van der Waals surface area contributed by atoms with E-state index in [1.54, 1.807) is 0 Å². The lowest BCUT2D eigenvalue weighted by atomic mass is 9.86. The summed E-state index contributed by atoms with van der Waals surface area (Å²) >= 11 is 0. The summed E-state index contributed by atoms with van der Waals surface area (Å²) in [6.45, 7) is 8.29. The SMILES string of the molecule is CCCCCC(C)(C)CNC(=O)C1COCC1N. The van der Waals surface area contributed by atoms with Crippen molar-refractivity contribution in [2.24, 2.45) is 17.1 Å². The van der Waals surface area contributed by atoms with Crippen LogP contribution in [0.1, 0.15) is 46.5 Å². The van der Waals surface area contributed by atoms with Crippen molar-refractivity contribution in [2.75, 3.05) is 19.8 Å². The van der Waals surface area contributed by atoms with Crippen molar-refractivity contribution in [1.82, 2.24) is 5.32 Å². The second kappa shape index (κ2) is 7.10. The van der Waals surface area contributed by atoms with Crippen molar-refractivity contribution in [2.45, 2.75) is 52.5 Å². The van der Waals surface area contributed by atoms with Gasteiger partial charge in [-0.05, 0) is 11.8 Å². The highest BCUT2D eigenvalue weighted by Gasteiger charge is 2.32. The van der Waals surface area contributed by atoms with Crippen molar-refractivity contribution < 1.29 is 9.53 Å². The molecule has 106 valence electrons. The van der Waals surface area contributed by atoms with E-state index in [-0.39, 0.29) is 23.3 Å². The Morgan fingerprint density at radius 3 is 2.67 bits per heavy atom. The molecule has 0 bridgehead atoms. The molecule has 3 N–H and O–H groups in total. The quantitative estimate of drug-likeness (QED) is 0.681. The standard InChI is InChI=1S/C14H28N2O2/c1-4-5-6-7-14(2,3)10-16-13(17)11-8-18-9-12(11)15/h11-12H,4-10,15H2,1-3H3,(H,16,17). The summed E-state index contributed by atoms with van der Waals surface area (Å²) in [5.41, 5.74) is 5.99. The highest BCUT2D eigenvalue weighted by atomic mass is 16.5.